The molecule has 0 N–H and O–H groups in total. The van der Waals surface area contributed by atoms with Gasteiger partial charge < -0.3 is 4.74 Å². The average molecular weight is 299 g/mol. The van der Waals surface area contributed by atoms with E-state index in [-0.39, 0.29) is 6.10 Å². The van der Waals surface area contributed by atoms with Crippen molar-refractivity contribution in [3.63, 3.8) is 0 Å². The van der Waals surface area contributed by atoms with Gasteiger partial charge in [0.2, 0.25) is 0 Å². The summed E-state index contributed by atoms with van der Waals surface area (Å²) in [6.45, 7) is 13.0. The molecule has 0 amide bonds. The second kappa shape index (κ2) is 5.90. The van der Waals surface area contributed by atoms with Crippen molar-refractivity contribution in [1.82, 2.24) is 0 Å². The van der Waals surface area contributed by atoms with Gasteiger partial charge in [-0.2, -0.15) is 0 Å². The molecule has 0 saturated carbocycles. The van der Waals surface area contributed by atoms with Gasteiger partial charge in [-0.1, -0.05) is 36.7 Å². The molecule has 1 aromatic rings. The molecule has 0 radical (unpaired) electrons. The van der Waals surface area contributed by atoms with Crippen molar-refractivity contribution < 1.29 is 4.74 Å². The Bertz CT molecular complexity index is 383. The van der Waals surface area contributed by atoms with E-state index in [1.807, 2.05) is 0 Å². The van der Waals surface area contributed by atoms with Gasteiger partial charge in [-0.25, -0.2) is 0 Å². The Morgan fingerprint density at radius 3 is 2.12 bits per heavy atom. The van der Waals surface area contributed by atoms with Gasteiger partial charge >= 0.3 is 0 Å². The largest absolute Gasteiger partial charge is 0.491 e. The molecule has 0 fully saturated rings. The van der Waals surface area contributed by atoms with Gasteiger partial charge in [-0.05, 0) is 55.9 Å². The van der Waals surface area contributed by atoms with Crippen molar-refractivity contribution in [2.45, 2.75) is 53.6 Å². The van der Waals surface area contributed by atoms with E-state index >= 15 is 0 Å². The first-order chi connectivity index (χ1) is 7.82. The van der Waals surface area contributed by atoms with Crippen LogP contribution in [0.4, 0.5) is 0 Å². The minimum absolute atomic E-state index is 0.216. The number of benzene rings is 1. The molecule has 0 saturated heterocycles. The summed E-state index contributed by atoms with van der Waals surface area (Å²) in [6.07, 6.45) is 0.216. The zero-order valence-corrected chi connectivity index (χ0v) is 13.3. The van der Waals surface area contributed by atoms with Gasteiger partial charge in [0.05, 0.1) is 6.10 Å². The van der Waals surface area contributed by atoms with Crippen molar-refractivity contribution in [1.29, 1.82) is 0 Å². The first kappa shape index (κ1) is 14.6. The lowest BCUT2D eigenvalue weighted by Crippen LogP contribution is -2.11. The molecule has 0 spiro atoms. The summed E-state index contributed by atoms with van der Waals surface area (Å²) in [5.41, 5.74) is 2.52. The van der Waals surface area contributed by atoms with E-state index in [0.717, 1.165) is 10.2 Å². The lowest BCUT2D eigenvalue weighted by atomic mass is 9.89. The van der Waals surface area contributed by atoms with E-state index in [2.05, 4.69) is 69.6 Å². The first-order valence-electron chi connectivity index (χ1n) is 6.29. The number of hydrogen-bond donors (Lipinski definition) is 0. The van der Waals surface area contributed by atoms with E-state index in [1.165, 1.54) is 11.1 Å². The Morgan fingerprint density at radius 2 is 1.65 bits per heavy atom. The van der Waals surface area contributed by atoms with Crippen LogP contribution in [-0.2, 0) is 0 Å². The minimum atomic E-state index is 0.216. The molecule has 1 unspecified atom stereocenters. The van der Waals surface area contributed by atoms with Crippen LogP contribution in [0.25, 0.3) is 0 Å². The fourth-order valence-electron chi connectivity index (χ4n) is 1.74. The lowest BCUT2D eigenvalue weighted by molar-refractivity contribution is 0.237. The quantitative estimate of drug-likeness (QED) is 0.732. The second-order valence-electron chi connectivity index (χ2n) is 5.34. The first-order valence-corrected chi connectivity index (χ1v) is 7.09. The third-order valence-corrected chi connectivity index (χ3v) is 4.00. The van der Waals surface area contributed by atoms with Crippen LogP contribution in [0.3, 0.4) is 0 Å². The maximum Gasteiger partial charge on any atom is 0.123 e. The number of ether oxygens (including phenoxy) is 1. The summed E-state index contributed by atoms with van der Waals surface area (Å²) in [5.74, 6) is 2.14. The van der Waals surface area contributed by atoms with Crippen molar-refractivity contribution in [2.75, 3.05) is 0 Å². The standard InChI is InChI=1S/C15H23BrO/c1-9(2)12(6)13-8-14(16)11(5)7-15(13)17-10(3)4/h7-10,12H,1-6H3. The van der Waals surface area contributed by atoms with E-state index in [1.54, 1.807) is 0 Å². The van der Waals surface area contributed by atoms with E-state index in [9.17, 15) is 0 Å². The van der Waals surface area contributed by atoms with Crippen molar-refractivity contribution in [2.24, 2.45) is 5.92 Å². The normalized spacial score (nSPS) is 13.2. The predicted octanol–water partition coefficient (Wildman–Crippen LogP) is 5.30. The highest BCUT2D eigenvalue weighted by Crippen LogP contribution is 2.36. The SMILES string of the molecule is Cc1cc(OC(C)C)c(C(C)C(C)C)cc1Br. The van der Waals surface area contributed by atoms with Gasteiger partial charge in [0.15, 0.2) is 0 Å². The van der Waals surface area contributed by atoms with Crippen molar-refractivity contribution in [3.05, 3.63) is 27.7 Å². The molecule has 1 atom stereocenters. The summed E-state index contributed by atoms with van der Waals surface area (Å²) in [7, 11) is 0. The molecule has 1 aromatic carbocycles. The van der Waals surface area contributed by atoms with Gasteiger partial charge in [0, 0.05) is 4.47 Å². The van der Waals surface area contributed by atoms with Crippen LogP contribution in [0.2, 0.25) is 0 Å². The molecule has 17 heavy (non-hydrogen) atoms. The van der Waals surface area contributed by atoms with Crippen LogP contribution in [0.15, 0.2) is 16.6 Å². The molecule has 0 aromatic heterocycles. The zero-order chi connectivity index (χ0) is 13.2. The summed E-state index contributed by atoms with van der Waals surface area (Å²) >= 11 is 3.61. The number of rotatable bonds is 4. The topological polar surface area (TPSA) is 9.23 Å². The minimum Gasteiger partial charge on any atom is -0.491 e. The van der Waals surface area contributed by atoms with E-state index in [0.29, 0.717) is 11.8 Å². The van der Waals surface area contributed by atoms with Gasteiger partial charge in [0.25, 0.3) is 0 Å². The highest BCUT2D eigenvalue weighted by Gasteiger charge is 2.17. The molecule has 2 heteroatoms. The zero-order valence-electron chi connectivity index (χ0n) is 11.7. The Morgan fingerprint density at radius 1 is 1.06 bits per heavy atom. The molecule has 1 nitrogen and oxygen atoms in total. The molecule has 1 rings (SSSR count). The lowest BCUT2D eigenvalue weighted by Gasteiger charge is -2.22. The van der Waals surface area contributed by atoms with Gasteiger partial charge in [-0.15, -0.1) is 0 Å². The highest BCUT2D eigenvalue weighted by atomic mass is 79.9. The van der Waals surface area contributed by atoms with Gasteiger partial charge in [-0.3, -0.25) is 0 Å². The van der Waals surface area contributed by atoms with Crippen molar-refractivity contribution in [3.8, 4) is 5.75 Å². The number of halogens is 1. The average Bonchev–Trinajstić information content (AvgIpc) is 2.21. The number of aryl methyl sites for hydroxylation is 1. The highest BCUT2D eigenvalue weighted by molar-refractivity contribution is 9.10. The Kier molecular flexibility index (Phi) is 5.05. The second-order valence-corrected chi connectivity index (χ2v) is 6.19. The predicted molar refractivity (Wildman–Crippen MR) is 77.9 cm³/mol. The fraction of sp³-hybridized carbons (Fsp3) is 0.600. The van der Waals surface area contributed by atoms with Gasteiger partial charge in [0.1, 0.15) is 5.75 Å². The summed E-state index contributed by atoms with van der Waals surface area (Å²) < 4.78 is 7.09. The Balaban J connectivity index is 3.20. The summed E-state index contributed by atoms with van der Waals surface area (Å²) in [6, 6.07) is 4.34. The molecule has 0 aliphatic carbocycles. The molecule has 0 aliphatic rings. The smallest absolute Gasteiger partial charge is 0.123 e. The summed E-state index contributed by atoms with van der Waals surface area (Å²) in [5, 5.41) is 0. The molecular weight excluding hydrogens is 276 g/mol. The molecular formula is C15H23BrO. The van der Waals surface area contributed by atoms with E-state index in [4.69, 9.17) is 4.74 Å². The molecule has 0 bridgehead atoms. The van der Waals surface area contributed by atoms with Crippen LogP contribution >= 0.6 is 15.9 Å². The van der Waals surface area contributed by atoms with Crippen LogP contribution in [0.1, 0.15) is 51.7 Å². The molecule has 96 valence electrons. The number of hydrogen-bond acceptors (Lipinski definition) is 1. The fourth-order valence-corrected chi connectivity index (χ4v) is 2.10. The summed E-state index contributed by atoms with van der Waals surface area (Å²) in [4.78, 5) is 0. The third-order valence-electron chi connectivity index (χ3n) is 3.14. The van der Waals surface area contributed by atoms with E-state index < -0.39 is 0 Å². The third kappa shape index (κ3) is 3.74. The van der Waals surface area contributed by atoms with Crippen LogP contribution < -0.4 is 4.74 Å². The molecule has 0 heterocycles. The molecule has 0 aliphatic heterocycles. The van der Waals surface area contributed by atoms with Crippen molar-refractivity contribution >= 4 is 15.9 Å². The maximum absolute atomic E-state index is 5.93. The van der Waals surface area contributed by atoms with Crippen LogP contribution in [0.5, 0.6) is 5.75 Å². The van der Waals surface area contributed by atoms with Crippen LogP contribution in [0, 0.1) is 12.8 Å². The maximum atomic E-state index is 5.93. The Labute approximate surface area is 114 Å². The monoisotopic (exact) mass is 298 g/mol. The Hall–Kier alpha value is -0.500. The van der Waals surface area contributed by atoms with Crippen LogP contribution in [-0.4, -0.2) is 6.10 Å².